The Hall–Kier alpha value is -2.52. The van der Waals surface area contributed by atoms with Gasteiger partial charge in [0, 0.05) is 5.69 Å². The van der Waals surface area contributed by atoms with E-state index in [9.17, 15) is 18.0 Å². The van der Waals surface area contributed by atoms with Crippen LogP contribution in [0.3, 0.4) is 0 Å². The second kappa shape index (κ2) is 8.02. The predicted octanol–water partition coefficient (Wildman–Crippen LogP) is 2.31. The number of hydrogen-bond donors (Lipinski definition) is 2. The van der Waals surface area contributed by atoms with Gasteiger partial charge in [-0.1, -0.05) is 43.0 Å². The average Bonchev–Trinajstić information content (AvgIpc) is 2.94. The van der Waals surface area contributed by atoms with E-state index >= 15 is 0 Å². The van der Waals surface area contributed by atoms with Crippen molar-refractivity contribution in [3.63, 3.8) is 0 Å². The molecule has 1 aliphatic heterocycles. The molecule has 27 heavy (non-hydrogen) atoms. The first-order valence-electron chi connectivity index (χ1n) is 8.34. The lowest BCUT2D eigenvalue weighted by atomic mass is 9.68. The van der Waals surface area contributed by atoms with Crippen molar-refractivity contribution in [2.75, 3.05) is 4.72 Å². The monoisotopic (exact) mass is 400 g/mol. The summed E-state index contributed by atoms with van der Waals surface area (Å²) < 4.78 is 27.8. The number of sulfonamides is 1. The Kier molecular flexibility index (Phi) is 5.72. The number of imide groups is 1. The first-order valence-corrected chi connectivity index (χ1v) is 10.6. The third kappa shape index (κ3) is 4.81. The summed E-state index contributed by atoms with van der Waals surface area (Å²) >= 11 is 0.786. The van der Waals surface area contributed by atoms with E-state index in [2.05, 4.69) is 17.0 Å². The van der Waals surface area contributed by atoms with Crippen LogP contribution in [-0.4, -0.2) is 26.8 Å². The molecule has 0 spiro atoms. The number of carbonyl (C=O) groups excluding carboxylic acids is 2. The molecule has 1 saturated heterocycles. The molecule has 0 radical (unpaired) electrons. The molecule has 138 valence electrons. The van der Waals surface area contributed by atoms with Crippen molar-refractivity contribution in [3.05, 3.63) is 59.0 Å². The third-order valence-electron chi connectivity index (χ3n) is 3.85. The maximum Gasteiger partial charge on any atom is 0.290 e. The highest BCUT2D eigenvalue weighted by atomic mass is 32.2. The second-order valence-corrected chi connectivity index (χ2v) is 8.67. The lowest BCUT2D eigenvalue weighted by molar-refractivity contribution is -0.115. The van der Waals surface area contributed by atoms with E-state index < -0.39 is 21.2 Å². The van der Waals surface area contributed by atoms with E-state index in [1.54, 1.807) is 24.3 Å². The molecule has 2 N–H and O–H groups in total. The van der Waals surface area contributed by atoms with Crippen molar-refractivity contribution >= 4 is 57.4 Å². The van der Waals surface area contributed by atoms with E-state index in [0.717, 1.165) is 30.8 Å². The zero-order valence-electron chi connectivity index (χ0n) is 14.6. The van der Waals surface area contributed by atoms with E-state index in [0.29, 0.717) is 11.3 Å². The zero-order chi connectivity index (χ0) is 19.4. The summed E-state index contributed by atoms with van der Waals surface area (Å²) in [6.07, 6.45) is 2.51. The van der Waals surface area contributed by atoms with E-state index in [1.165, 1.54) is 18.2 Å². The molecule has 1 heterocycles. The fourth-order valence-corrected chi connectivity index (χ4v) is 4.38. The Bertz CT molecular complexity index is 1020. The smallest absolute Gasteiger partial charge is 0.282 e. The van der Waals surface area contributed by atoms with Gasteiger partial charge in [-0.05, 0) is 47.7 Å². The molecule has 1 fully saturated rings. The minimum Gasteiger partial charge on any atom is -0.282 e. The fraction of sp³-hybridized carbons (Fsp3) is 0.111. The van der Waals surface area contributed by atoms with Crippen LogP contribution in [0.4, 0.5) is 10.5 Å². The van der Waals surface area contributed by atoms with Gasteiger partial charge in [-0.3, -0.25) is 19.6 Å². The molecule has 2 amide bonds. The molecule has 6 nitrogen and oxygen atoms in total. The van der Waals surface area contributed by atoms with Crippen LogP contribution in [0.2, 0.25) is 6.32 Å². The van der Waals surface area contributed by atoms with Gasteiger partial charge in [0.05, 0.1) is 9.80 Å². The van der Waals surface area contributed by atoms with Crippen LogP contribution >= 0.6 is 11.8 Å². The zero-order valence-corrected chi connectivity index (χ0v) is 16.2. The number of nitrogens with one attached hydrogen (secondary N) is 2. The third-order valence-corrected chi connectivity index (χ3v) is 6.04. The summed E-state index contributed by atoms with van der Waals surface area (Å²) in [4.78, 5) is 23.2. The quantitative estimate of drug-likeness (QED) is 0.574. The Morgan fingerprint density at radius 3 is 2.52 bits per heavy atom. The molecular weight excluding hydrogens is 383 g/mol. The molecule has 0 bridgehead atoms. The summed E-state index contributed by atoms with van der Waals surface area (Å²) in [5.41, 5.74) is 2.15. The van der Waals surface area contributed by atoms with Crippen LogP contribution in [0.5, 0.6) is 0 Å². The first kappa shape index (κ1) is 19.3. The predicted molar refractivity (Wildman–Crippen MR) is 110 cm³/mol. The average molecular weight is 400 g/mol. The Labute approximate surface area is 162 Å². The van der Waals surface area contributed by atoms with Crippen LogP contribution in [0, 0.1) is 0 Å². The minimum atomic E-state index is -3.77. The van der Waals surface area contributed by atoms with Crippen LogP contribution in [-0.2, 0) is 14.8 Å². The van der Waals surface area contributed by atoms with Gasteiger partial charge in [0.1, 0.15) is 0 Å². The molecular formula is C18H17BN2O4S2. The number of anilines is 1. The van der Waals surface area contributed by atoms with Gasteiger partial charge < -0.3 is 0 Å². The highest BCUT2D eigenvalue weighted by Crippen LogP contribution is 2.26. The van der Waals surface area contributed by atoms with E-state index in [4.69, 9.17) is 0 Å². The standard InChI is InChI=1S/C18H17BN2O4S2/c1-2-19-13-6-8-14(9-7-13)21-27(24,25)15-5-3-4-12(10-15)11-16-17(22)20-18(23)26-16/h3-11,19,21H,2H2,1H3,(H,20,22,23)/b16-11-. The lowest BCUT2D eigenvalue weighted by Crippen LogP contribution is -2.17. The maximum atomic E-state index is 12.6. The molecule has 3 rings (SSSR count). The van der Waals surface area contributed by atoms with Crippen molar-refractivity contribution in [1.29, 1.82) is 0 Å². The molecule has 0 atom stereocenters. The van der Waals surface area contributed by atoms with E-state index in [1.807, 2.05) is 12.1 Å². The van der Waals surface area contributed by atoms with Crippen molar-refractivity contribution in [2.45, 2.75) is 18.1 Å². The van der Waals surface area contributed by atoms with Gasteiger partial charge in [-0.15, -0.1) is 0 Å². The Balaban J connectivity index is 1.81. The van der Waals surface area contributed by atoms with Crippen molar-refractivity contribution in [1.82, 2.24) is 5.32 Å². The van der Waals surface area contributed by atoms with Gasteiger partial charge in [-0.2, -0.15) is 0 Å². The van der Waals surface area contributed by atoms with Gasteiger partial charge in [-0.25, -0.2) is 8.42 Å². The molecule has 2 aromatic carbocycles. The maximum absolute atomic E-state index is 12.6. The molecule has 0 unspecified atom stereocenters. The van der Waals surface area contributed by atoms with Crippen LogP contribution in [0.15, 0.2) is 58.3 Å². The first-order chi connectivity index (χ1) is 12.9. The summed E-state index contributed by atoms with van der Waals surface area (Å²) in [5.74, 6) is -0.483. The number of amides is 2. The number of benzene rings is 2. The lowest BCUT2D eigenvalue weighted by Gasteiger charge is -2.09. The number of carbonyl (C=O) groups is 2. The highest BCUT2D eigenvalue weighted by molar-refractivity contribution is 8.18. The number of hydrogen-bond acceptors (Lipinski definition) is 5. The summed E-state index contributed by atoms with van der Waals surface area (Å²) in [7, 11) is -2.83. The van der Waals surface area contributed by atoms with Crippen molar-refractivity contribution in [3.8, 4) is 0 Å². The molecule has 0 saturated carbocycles. The van der Waals surface area contributed by atoms with Gasteiger partial charge >= 0.3 is 0 Å². The molecule has 9 heteroatoms. The normalized spacial score (nSPS) is 15.7. The number of thioether (sulfide) groups is 1. The van der Waals surface area contributed by atoms with E-state index in [-0.39, 0.29) is 9.80 Å². The second-order valence-electron chi connectivity index (χ2n) is 5.98. The molecule has 0 aliphatic carbocycles. The van der Waals surface area contributed by atoms with Crippen LogP contribution < -0.4 is 15.5 Å². The van der Waals surface area contributed by atoms with Gasteiger partial charge in [0.15, 0.2) is 7.28 Å². The van der Waals surface area contributed by atoms with Gasteiger partial charge in [0.2, 0.25) is 0 Å². The van der Waals surface area contributed by atoms with Crippen LogP contribution in [0.1, 0.15) is 12.5 Å². The molecule has 1 aliphatic rings. The topological polar surface area (TPSA) is 92.3 Å². The van der Waals surface area contributed by atoms with Crippen molar-refractivity contribution in [2.24, 2.45) is 0 Å². The molecule has 2 aromatic rings. The summed E-state index contributed by atoms with van der Waals surface area (Å²) in [6.45, 7) is 2.09. The number of rotatable bonds is 6. The summed E-state index contributed by atoms with van der Waals surface area (Å²) in [5, 5.41) is 1.72. The minimum absolute atomic E-state index is 0.0733. The fourth-order valence-electron chi connectivity index (χ4n) is 2.59. The Morgan fingerprint density at radius 2 is 1.89 bits per heavy atom. The largest absolute Gasteiger partial charge is 0.290 e. The summed E-state index contributed by atoms with van der Waals surface area (Å²) in [6, 6.07) is 13.5. The van der Waals surface area contributed by atoms with Crippen LogP contribution in [0.25, 0.3) is 6.08 Å². The molecule has 0 aromatic heterocycles. The van der Waals surface area contributed by atoms with Gasteiger partial charge in [0.25, 0.3) is 21.2 Å². The highest BCUT2D eigenvalue weighted by Gasteiger charge is 2.25. The van der Waals surface area contributed by atoms with Crippen molar-refractivity contribution < 1.29 is 18.0 Å². The Morgan fingerprint density at radius 1 is 1.15 bits per heavy atom. The SMILES string of the molecule is CCBc1ccc(NS(=O)(=O)c2cccc(/C=C3\SC(=O)NC3=O)c2)cc1.